The Kier molecular flexibility index (Phi) is 1.06. The molecule has 4 atom stereocenters. The van der Waals surface area contributed by atoms with Crippen LogP contribution < -0.4 is 0 Å². The smallest absolute Gasteiger partial charge is 0.136 e. The van der Waals surface area contributed by atoms with E-state index in [0.717, 1.165) is 24.2 Å². The maximum atomic E-state index is 11.4. The van der Waals surface area contributed by atoms with Gasteiger partial charge in [-0.2, -0.15) is 0 Å². The van der Waals surface area contributed by atoms with E-state index >= 15 is 0 Å². The number of hydrogen-bond donors (Lipinski definition) is 0. The first-order valence-electron chi connectivity index (χ1n) is 4.87. The zero-order valence-corrected chi connectivity index (χ0v) is 6.75. The molecule has 3 aliphatic rings. The average molecular weight is 150 g/mol. The van der Waals surface area contributed by atoms with Gasteiger partial charge in [0.05, 0.1) is 0 Å². The van der Waals surface area contributed by atoms with Gasteiger partial charge in [-0.15, -0.1) is 0 Å². The second-order valence-corrected chi connectivity index (χ2v) is 4.62. The molecule has 60 valence electrons. The first-order chi connectivity index (χ1) is 5.34. The van der Waals surface area contributed by atoms with Crippen molar-refractivity contribution in [3.05, 3.63) is 0 Å². The van der Waals surface area contributed by atoms with Crippen molar-refractivity contribution < 1.29 is 4.79 Å². The average Bonchev–Trinajstić information content (AvgIpc) is 2.40. The summed E-state index contributed by atoms with van der Waals surface area (Å²) in [4.78, 5) is 11.4. The Morgan fingerprint density at radius 2 is 2.09 bits per heavy atom. The summed E-state index contributed by atoms with van der Waals surface area (Å²) in [5.41, 5.74) is 0. The molecular formula is C10H14O. The first-order valence-corrected chi connectivity index (χ1v) is 4.87. The van der Waals surface area contributed by atoms with E-state index in [1.54, 1.807) is 0 Å². The second kappa shape index (κ2) is 1.88. The van der Waals surface area contributed by atoms with E-state index in [1.165, 1.54) is 25.7 Å². The molecular weight excluding hydrogens is 136 g/mol. The topological polar surface area (TPSA) is 17.1 Å². The number of ketones is 1. The van der Waals surface area contributed by atoms with E-state index in [4.69, 9.17) is 0 Å². The molecule has 0 aromatic rings. The molecule has 0 aliphatic heterocycles. The van der Waals surface area contributed by atoms with E-state index in [-0.39, 0.29) is 0 Å². The highest BCUT2D eigenvalue weighted by Crippen LogP contribution is 2.55. The largest absolute Gasteiger partial charge is 0.299 e. The predicted molar refractivity (Wildman–Crippen MR) is 42.1 cm³/mol. The van der Waals surface area contributed by atoms with Crippen LogP contribution in [0.5, 0.6) is 0 Å². The molecule has 1 nitrogen and oxygen atoms in total. The summed E-state index contributed by atoms with van der Waals surface area (Å²) in [6, 6.07) is 0. The van der Waals surface area contributed by atoms with Gasteiger partial charge in [0.1, 0.15) is 5.78 Å². The van der Waals surface area contributed by atoms with Gasteiger partial charge >= 0.3 is 0 Å². The van der Waals surface area contributed by atoms with E-state index in [2.05, 4.69) is 0 Å². The summed E-state index contributed by atoms with van der Waals surface area (Å²) in [5.74, 6) is 3.77. The summed E-state index contributed by atoms with van der Waals surface area (Å²) < 4.78 is 0. The van der Waals surface area contributed by atoms with Gasteiger partial charge in [-0.25, -0.2) is 0 Å². The summed E-state index contributed by atoms with van der Waals surface area (Å²) in [6.07, 6.45) is 6.29. The van der Waals surface area contributed by atoms with Crippen molar-refractivity contribution in [2.45, 2.75) is 32.1 Å². The Bertz CT molecular complexity index is 207. The van der Waals surface area contributed by atoms with E-state index in [0.29, 0.717) is 11.7 Å². The van der Waals surface area contributed by atoms with Crippen LogP contribution >= 0.6 is 0 Å². The van der Waals surface area contributed by atoms with E-state index < -0.39 is 0 Å². The summed E-state index contributed by atoms with van der Waals surface area (Å²) >= 11 is 0. The van der Waals surface area contributed by atoms with Gasteiger partial charge in [-0.1, -0.05) is 0 Å². The molecule has 3 fully saturated rings. The Labute approximate surface area is 67.2 Å². The summed E-state index contributed by atoms with van der Waals surface area (Å²) in [7, 11) is 0. The number of Topliss-reactive ketones (excluding diaryl/α,β-unsaturated/α-hetero) is 1. The number of fused-ring (bicyclic) bond motifs is 1. The molecule has 0 spiro atoms. The van der Waals surface area contributed by atoms with Gasteiger partial charge in [0.25, 0.3) is 0 Å². The Hall–Kier alpha value is -0.330. The lowest BCUT2D eigenvalue weighted by Gasteiger charge is -2.23. The minimum absolute atomic E-state index is 0.513. The number of carbonyl (C=O) groups excluding carboxylic acids is 1. The molecule has 3 saturated carbocycles. The van der Waals surface area contributed by atoms with Crippen molar-refractivity contribution in [3.8, 4) is 0 Å². The molecule has 1 heteroatoms. The Morgan fingerprint density at radius 3 is 3.00 bits per heavy atom. The lowest BCUT2D eigenvalue weighted by atomic mass is 9.81. The number of hydrogen-bond acceptors (Lipinski definition) is 1. The molecule has 3 rings (SSSR count). The highest BCUT2D eigenvalue weighted by atomic mass is 16.1. The van der Waals surface area contributed by atoms with Crippen LogP contribution in [0.25, 0.3) is 0 Å². The maximum absolute atomic E-state index is 11.4. The SMILES string of the molecule is O=C1CC2CC3CCC1C2C3. The monoisotopic (exact) mass is 150 g/mol. The molecule has 0 N–H and O–H groups in total. The van der Waals surface area contributed by atoms with Crippen molar-refractivity contribution in [2.75, 3.05) is 0 Å². The quantitative estimate of drug-likeness (QED) is 0.516. The van der Waals surface area contributed by atoms with Gasteiger partial charge < -0.3 is 0 Å². The molecule has 0 aromatic heterocycles. The minimum atomic E-state index is 0.513. The van der Waals surface area contributed by atoms with Crippen LogP contribution in [0.1, 0.15) is 32.1 Å². The number of rotatable bonds is 0. The van der Waals surface area contributed by atoms with Crippen LogP contribution in [0, 0.1) is 23.7 Å². The van der Waals surface area contributed by atoms with Gasteiger partial charge in [0, 0.05) is 12.3 Å². The molecule has 2 bridgehead atoms. The van der Waals surface area contributed by atoms with Gasteiger partial charge in [0.2, 0.25) is 0 Å². The fraction of sp³-hybridized carbons (Fsp3) is 0.900. The normalized spacial score (nSPS) is 53.6. The lowest BCUT2D eigenvalue weighted by Crippen LogP contribution is -2.20. The third-order valence-corrected chi connectivity index (χ3v) is 4.13. The zero-order chi connectivity index (χ0) is 7.42. The third-order valence-electron chi connectivity index (χ3n) is 4.13. The highest BCUT2D eigenvalue weighted by Gasteiger charge is 2.50. The fourth-order valence-corrected chi connectivity index (χ4v) is 3.68. The van der Waals surface area contributed by atoms with Crippen LogP contribution in [0.3, 0.4) is 0 Å². The molecule has 0 radical (unpaired) electrons. The standard InChI is InChI=1S/C10H14O/c11-10-5-7-3-6-1-2-8(10)9(7)4-6/h6-9H,1-5H2. The van der Waals surface area contributed by atoms with Crippen LogP contribution in [-0.4, -0.2) is 5.78 Å². The lowest BCUT2D eigenvalue weighted by molar-refractivity contribution is -0.122. The number of carbonyl (C=O) groups is 1. The van der Waals surface area contributed by atoms with E-state index in [1.807, 2.05) is 0 Å². The molecule has 4 unspecified atom stereocenters. The van der Waals surface area contributed by atoms with Crippen molar-refractivity contribution in [3.63, 3.8) is 0 Å². The fourth-order valence-electron chi connectivity index (χ4n) is 3.68. The molecule has 0 saturated heterocycles. The van der Waals surface area contributed by atoms with Crippen LogP contribution in [0.2, 0.25) is 0 Å². The van der Waals surface area contributed by atoms with Crippen molar-refractivity contribution in [1.29, 1.82) is 0 Å². The zero-order valence-electron chi connectivity index (χ0n) is 6.75. The van der Waals surface area contributed by atoms with Crippen LogP contribution in [0.15, 0.2) is 0 Å². The van der Waals surface area contributed by atoms with Gasteiger partial charge in [0.15, 0.2) is 0 Å². The molecule has 0 heterocycles. The Balaban J connectivity index is 1.98. The molecule has 3 aliphatic carbocycles. The van der Waals surface area contributed by atoms with Crippen LogP contribution in [-0.2, 0) is 4.79 Å². The minimum Gasteiger partial charge on any atom is -0.299 e. The highest BCUT2D eigenvalue weighted by molar-refractivity contribution is 5.84. The third kappa shape index (κ3) is 0.692. The Morgan fingerprint density at radius 1 is 1.18 bits per heavy atom. The second-order valence-electron chi connectivity index (χ2n) is 4.62. The molecule has 0 aromatic carbocycles. The maximum Gasteiger partial charge on any atom is 0.136 e. The first kappa shape index (κ1) is 6.22. The summed E-state index contributed by atoms with van der Waals surface area (Å²) in [5, 5.41) is 0. The van der Waals surface area contributed by atoms with Crippen molar-refractivity contribution in [2.24, 2.45) is 23.7 Å². The summed E-state index contributed by atoms with van der Waals surface area (Å²) in [6.45, 7) is 0. The van der Waals surface area contributed by atoms with Crippen LogP contribution in [0.4, 0.5) is 0 Å². The van der Waals surface area contributed by atoms with Gasteiger partial charge in [-0.3, -0.25) is 4.79 Å². The molecule has 0 amide bonds. The molecule has 11 heavy (non-hydrogen) atoms. The van der Waals surface area contributed by atoms with Crippen molar-refractivity contribution in [1.82, 2.24) is 0 Å². The van der Waals surface area contributed by atoms with Gasteiger partial charge in [-0.05, 0) is 43.4 Å². The van der Waals surface area contributed by atoms with E-state index in [9.17, 15) is 4.79 Å². The van der Waals surface area contributed by atoms with Crippen molar-refractivity contribution >= 4 is 5.78 Å². The predicted octanol–water partition coefficient (Wildman–Crippen LogP) is 2.01.